The van der Waals surface area contributed by atoms with E-state index in [4.69, 9.17) is 0 Å². The molecular weight excluding hydrogens is 212 g/mol. The fraction of sp³-hybridized carbons (Fsp3) is 0.400. The van der Waals surface area contributed by atoms with Crippen molar-refractivity contribution in [3.05, 3.63) is 29.3 Å². The first-order chi connectivity index (χ1) is 6.91. The SMILES string of the molecule is CC(C)c1c(F)cc(F)cc1OC(F)F. The van der Waals surface area contributed by atoms with E-state index in [0.717, 1.165) is 6.07 Å². The van der Waals surface area contributed by atoms with E-state index >= 15 is 0 Å². The van der Waals surface area contributed by atoms with Gasteiger partial charge in [0, 0.05) is 17.7 Å². The predicted molar refractivity (Wildman–Crippen MR) is 47.1 cm³/mol. The Morgan fingerprint density at radius 2 is 1.73 bits per heavy atom. The van der Waals surface area contributed by atoms with Crippen LogP contribution in [0.1, 0.15) is 25.3 Å². The normalized spacial score (nSPS) is 11.2. The van der Waals surface area contributed by atoms with Crippen molar-refractivity contribution in [3.63, 3.8) is 0 Å². The molecule has 0 atom stereocenters. The van der Waals surface area contributed by atoms with Gasteiger partial charge in [-0.25, -0.2) is 8.78 Å². The van der Waals surface area contributed by atoms with Crippen LogP contribution in [0.4, 0.5) is 17.6 Å². The molecule has 0 fully saturated rings. The Hall–Kier alpha value is -1.26. The Kier molecular flexibility index (Phi) is 3.55. The lowest BCUT2D eigenvalue weighted by Gasteiger charge is -2.14. The minimum Gasteiger partial charge on any atom is -0.434 e. The summed E-state index contributed by atoms with van der Waals surface area (Å²) in [4.78, 5) is 0. The van der Waals surface area contributed by atoms with Crippen molar-refractivity contribution in [1.29, 1.82) is 0 Å². The van der Waals surface area contributed by atoms with Crippen molar-refractivity contribution in [2.45, 2.75) is 26.4 Å². The van der Waals surface area contributed by atoms with E-state index in [1.165, 1.54) is 0 Å². The van der Waals surface area contributed by atoms with E-state index < -0.39 is 24.0 Å². The van der Waals surface area contributed by atoms with Gasteiger partial charge in [0.2, 0.25) is 0 Å². The number of halogens is 4. The zero-order valence-corrected chi connectivity index (χ0v) is 8.23. The Labute approximate surface area is 84.7 Å². The van der Waals surface area contributed by atoms with Crippen molar-refractivity contribution in [2.75, 3.05) is 0 Å². The Morgan fingerprint density at radius 3 is 2.20 bits per heavy atom. The van der Waals surface area contributed by atoms with Gasteiger partial charge in [-0.15, -0.1) is 0 Å². The fourth-order valence-corrected chi connectivity index (χ4v) is 1.31. The minimum absolute atomic E-state index is 0.0447. The summed E-state index contributed by atoms with van der Waals surface area (Å²) in [6, 6.07) is 1.40. The van der Waals surface area contributed by atoms with E-state index in [9.17, 15) is 17.6 Å². The van der Waals surface area contributed by atoms with Gasteiger partial charge < -0.3 is 4.74 Å². The maximum atomic E-state index is 13.2. The van der Waals surface area contributed by atoms with Crippen LogP contribution in [0, 0.1) is 11.6 Å². The molecule has 0 heterocycles. The second-order valence-corrected chi connectivity index (χ2v) is 3.33. The van der Waals surface area contributed by atoms with Crippen LogP contribution in [0.25, 0.3) is 0 Å². The van der Waals surface area contributed by atoms with Gasteiger partial charge in [-0.3, -0.25) is 0 Å². The van der Waals surface area contributed by atoms with Crippen LogP contribution in [-0.4, -0.2) is 6.61 Å². The molecule has 0 saturated heterocycles. The van der Waals surface area contributed by atoms with Crippen LogP contribution in [-0.2, 0) is 0 Å². The second kappa shape index (κ2) is 4.51. The zero-order valence-electron chi connectivity index (χ0n) is 8.23. The minimum atomic E-state index is -3.09. The number of rotatable bonds is 3. The van der Waals surface area contributed by atoms with Gasteiger partial charge in [0.05, 0.1) is 0 Å². The molecule has 0 aliphatic rings. The third kappa shape index (κ3) is 2.84. The molecule has 84 valence electrons. The lowest BCUT2D eigenvalue weighted by molar-refractivity contribution is -0.0509. The summed E-state index contributed by atoms with van der Waals surface area (Å²) in [6.07, 6.45) is 0. The van der Waals surface area contributed by atoms with Gasteiger partial charge in [0.15, 0.2) is 0 Å². The summed E-state index contributed by atoms with van der Waals surface area (Å²) in [5, 5.41) is 0. The van der Waals surface area contributed by atoms with Crippen LogP contribution < -0.4 is 4.74 Å². The van der Waals surface area contributed by atoms with Gasteiger partial charge in [-0.1, -0.05) is 13.8 Å². The summed E-state index contributed by atoms with van der Waals surface area (Å²) in [7, 11) is 0. The predicted octanol–water partition coefficient (Wildman–Crippen LogP) is 3.69. The van der Waals surface area contributed by atoms with E-state index in [0.29, 0.717) is 6.07 Å². The van der Waals surface area contributed by atoms with Crippen molar-refractivity contribution in [1.82, 2.24) is 0 Å². The smallest absolute Gasteiger partial charge is 0.387 e. The molecule has 0 spiro atoms. The number of benzene rings is 1. The highest BCUT2D eigenvalue weighted by molar-refractivity contribution is 5.37. The van der Waals surface area contributed by atoms with Crippen LogP contribution in [0.5, 0.6) is 5.75 Å². The molecule has 0 N–H and O–H groups in total. The van der Waals surface area contributed by atoms with Gasteiger partial charge >= 0.3 is 6.61 Å². The highest BCUT2D eigenvalue weighted by Gasteiger charge is 2.18. The molecule has 0 bridgehead atoms. The molecule has 0 aliphatic carbocycles. The first-order valence-electron chi connectivity index (χ1n) is 4.35. The van der Waals surface area contributed by atoms with E-state index in [-0.39, 0.29) is 11.5 Å². The quantitative estimate of drug-likeness (QED) is 0.708. The van der Waals surface area contributed by atoms with E-state index in [1.54, 1.807) is 13.8 Å². The third-order valence-electron chi connectivity index (χ3n) is 1.85. The molecule has 1 rings (SSSR count). The van der Waals surface area contributed by atoms with Crippen LogP contribution in [0.15, 0.2) is 12.1 Å². The maximum Gasteiger partial charge on any atom is 0.387 e. The second-order valence-electron chi connectivity index (χ2n) is 3.33. The highest BCUT2D eigenvalue weighted by atomic mass is 19.3. The molecule has 1 aromatic rings. The molecule has 1 aromatic carbocycles. The Morgan fingerprint density at radius 1 is 1.13 bits per heavy atom. The standard InChI is InChI=1S/C10H10F4O/c1-5(2)9-7(12)3-6(11)4-8(9)15-10(13)14/h3-5,10H,1-2H3. The topological polar surface area (TPSA) is 9.23 Å². The first kappa shape index (κ1) is 11.8. The van der Waals surface area contributed by atoms with Crippen LogP contribution in [0.3, 0.4) is 0 Å². The molecule has 0 unspecified atom stereocenters. The van der Waals surface area contributed by atoms with Crippen molar-refractivity contribution in [2.24, 2.45) is 0 Å². The number of hydrogen-bond acceptors (Lipinski definition) is 1. The monoisotopic (exact) mass is 222 g/mol. The van der Waals surface area contributed by atoms with Gasteiger partial charge in [0.25, 0.3) is 0 Å². The van der Waals surface area contributed by atoms with Crippen molar-refractivity contribution >= 4 is 0 Å². The highest BCUT2D eigenvalue weighted by Crippen LogP contribution is 2.31. The molecule has 0 saturated carbocycles. The molecule has 5 heteroatoms. The summed E-state index contributed by atoms with van der Waals surface area (Å²) in [6.45, 7) is 0.118. The largest absolute Gasteiger partial charge is 0.434 e. The molecule has 15 heavy (non-hydrogen) atoms. The number of alkyl halides is 2. The average molecular weight is 222 g/mol. The zero-order chi connectivity index (χ0) is 11.6. The molecule has 0 radical (unpaired) electrons. The fourth-order valence-electron chi connectivity index (χ4n) is 1.31. The number of ether oxygens (including phenoxy) is 1. The Bertz CT molecular complexity index is 350. The summed E-state index contributed by atoms with van der Waals surface area (Å²) in [5.74, 6) is -2.62. The molecule has 0 aliphatic heterocycles. The molecule has 0 amide bonds. The lowest BCUT2D eigenvalue weighted by atomic mass is 10.0. The summed E-state index contributed by atoms with van der Waals surface area (Å²) < 4.78 is 54.0. The third-order valence-corrected chi connectivity index (χ3v) is 1.85. The molecule has 1 nitrogen and oxygen atoms in total. The summed E-state index contributed by atoms with van der Waals surface area (Å²) in [5.41, 5.74) is -0.0447. The summed E-state index contributed by atoms with van der Waals surface area (Å²) >= 11 is 0. The van der Waals surface area contributed by atoms with Gasteiger partial charge in [-0.05, 0) is 5.92 Å². The average Bonchev–Trinajstić information content (AvgIpc) is 1.99. The van der Waals surface area contributed by atoms with Crippen LogP contribution >= 0.6 is 0 Å². The van der Waals surface area contributed by atoms with Crippen molar-refractivity contribution in [3.8, 4) is 5.75 Å². The first-order valence-corrected chi connectivity index (χ1v) is 4.35. The maximum absolute atomic E-state index is 13.2. The van der Waals surface area contributed by atoms with Crippen molar-refractivity contribution < 1.29 is 22.3 Å². The lowest BCUT2D eigenvalue weighted by Crippen LogP contribution is -2.07. The molecular formula is C10H10F4O. The van der Waals surface area contributed by atoms with Gasteiger partial charge in [0.1, 0.15) is 17.4 Å². The van der Waals surface area contributed by atoms with E-state index in [2.05, 4.69) is 4.74 Å². The molecule has 0 aromatic heterocycles. The Balaban J connectivity index is 3.20. The number of hydrogen-bond donors (Lipinski definition) is 0. The van der Waals surface area contributed by atoms with E-state index in [1.807, 2.05) is 0 Å². The van der Waals surface area contributed by atoms with Gasteiger partial charge in [-0.2, -0.15) is 8.78 Å². The van der Waals surface area contributed by atoms with Crippen LogP contribution in [0.2, 0.25) is 0 Å².